The van der Waals surface area contributed by atoms with Crippen LogP contribution in [0, 0.1) is 6.92 Å². The molecule has 0 amide bonds. The van der Waals surface area contributed by atoms with Crippen LogP contribution in [-0.2, 0) is 6.61 Å². The van der Waals surface area contributed by atoms with Crippen LogP contribution in [0.4, 0.5) is 0 Å². The van der Waals surface area contributed by atoms with Gasteiger partial charge in [0.1, 0.15) is 12.4 Å². The van der Waals surface area contributed by atoms with E-state index < -0.39 is 0 Å². The van der Waals surface area contributed by atoms with Crippen molar-refractivity contribution in [2.45, 2.75) is 23.3 Å². The first-order valence-corrected chi connectivity index (χ1v) is 8.88. The fourth-order valence-corrected chi connectivity index (χ4v) is 3.89. The van der Waals surface area contributed by atoms with E-state index in [0.29, 0.717) is 6.61 Å². The van der Waals surface area contributed by atoms with Crippen LogP contribution < -0.4 is 9.47 Å². The second-order valence-corrected chi connectivity index (χ2v) is 6.94. The smallest absolute Gasteiger partial charge is 0.187 e. The first-order valence-electron chi connectivity index (χ1n) is 7.18. The zero-order valence-corrected chi connectivity index (χ0v) is 14.6. The standard InChI is InChI=1S/C18H17NO2S2/c1-13-11-14(7-9-19-13)12-21-15-3-5-16(6-4-15)23-17-8-10-22-18(17)20-2/h3-11H,12H2,1-2H3. The molecule has 5 heteroatoms. The van der Waals surface area contributed by atoms with Crippen LogP contribution in [0.1, 0.15) is 11.3 Å². The fourth-order valence-electron chi connectivity index (χ4n) is 2.10. The van der Waals surface area contributed by atoms with E-state index in [-0.39, 0.29) is 0 Å². The molecule has 0 aliphatic heterocycles. The lowest BCUT2D eigenvalue weighted by atomic mass is 10.2. The Morgan fingerprint density at radius 3 is 2.70 bits per heavy atom. The fraction of sp³-hybridized carbons (Fsp3) is 0.167. The minimum absolute atomic E-state index is 0.550. The summed E-state index contributed by atoms with van der Waals surface area (Å²) in [6.07, 6.45) is 1.81. The molecule has 1 aromatic carbocycles. The number of pyridine rings is 1. The molecule has 2 heterocycles. The van der Waals surface area contributed by atoms with Crippen LogP contribution in [0.2, 0.25) is 0 Å². The summed E-state index contributed by atoms with van der Waals surface area (Å²) >= 11 is 3.30. The second kappa shape index (κ2) is 7.53. The molecule has 23 heavy (non-hydrogen) atoms. The third kappa shape index (κ3) is 4.27. The van der Waals surface area contributed by atoms with Gasteiger partial charge in [-0.15, -0.1) is 11.3 Å². The Bertz CT molecular complexity index is 769. The number of ether oxygens (including phenoxy) is 2. The van der Waals surface area contributed by atoms with Crippen molar-refractivity contribution in [3.8, 4) is 10.8 Å². The van der Waals surface area contributed by atoms with Crippen molar-refractivity contribution in [3.05, 3.63) is 65.3 Å². The molecule has 0 radical (unpaired) electrons. The topological polar surface area (TPSA) is 31.4 Å². The molecule has 0 N–H and O–H groups in total. The molecule has 3 rings (SSSR count). The zero-order chi connectivity index (χ0) is 16.1. The molecule has 0 fully saturated rings. The third-order valence-corrected chi connectivity index (χ3v) is 5.25. The predicted molar refractivity (Wildman–Crippen MR) is 94.7 cm³/mol. The Balaban J connectivity index is 1.61. The maximum atomic E-state index is 5.82. The summed E-state index contributed by atoms with van der Waals surface area (Å²) in [4.78, 5) is 6.49. The van der Waals surface area contributed by atoms with Crippen molar-refractivity contribution >= 4 is 23.1 Å². The number of thiophene rings is 1. The molecule has 0 bridgehead atoms. The number of hydrogen-bond donors (Lipinski definition) is 0. The van der Waals surface area contributed by atoms with Gasteiger partial charge in [0.15, 0.2) is 5.06 Å². The molecule has 0 aliphatic rings. The van der Waals surface area contributed by atoms with Gasteiger partial charge in [-0.2, -0.15) is 0 Å². The Morgan fingerprint density at radius 2 is 1.96 bits per heavy atom. The molecule has 0 saturated heterocycles. The lowest BCUT2D eigenvalue weighted by molar-refractivity contribution is 0.306. The van der Waals surface area contributed by atoms with Crippen molar-refractivity contribution < 1.29 is 9.47 Å². The van der Waals surface area contributed by atoms with Gasteiger partial charge in [0, 0.05) is 16.8 Å². The van der Waals surface area contributed by atoms with E-state index in [1.165, 1.54) is 0 Å². The summed E-state index contributed by atoms with van der Waals surface area (Å²) in [7, 11) is 1.70. The zero-order valence-electron chi connectivity index (χ0n) is 13.0. The third-order valence-electron chi connectivity index (χ3n) is 3.20. The van der Waals surface area contributed by atoms with Gasteiger partial charge in [-0.1, -0.05) is 11.8 Å². The van der Waals surface area contributed by atoms with Gasteiger partial charge in [-0.3, -0.25) is 4.98 Å². The largest absolute Gasteiger partial charge is 0.489 e. The maximum Gasteiger partial charge on any atom is 0.187 e. The average molecular weight is 343 g/mol. The number of aromatic nitrogens is 1. The first kappa shape index (κ1) is 15.9. The molecule has 118 valence electrons. The highest BCUT2D eigenvalue weighted by Crippen LogP contribution is 2.39. The molecular weight excluding hydrogens is 326 g/mol. The normalized spacial score (nSPS) is 10.5. The Kier molecular flexibility index (Phi) is 5.20. The molecule has 3 aromatic rings. The Labute approximate surface area is 144 Å². The van der Waals surface area contributed by atoms with E-state index in [2.05, 4.69) is 23.2 Å². The number of rotatable bonds is 6. The van der Waals surface area contributed by atoms with Gasteiger partial charge in [0.25, 0.3) is 0 Å². The quantitative estimate of drug-likeness (QED) is 0.616. The monoisotopic (exact) mass is 343 g/mol. The van der Waals surface area contributed by atoms with Crippen LogP contribution in [0.15, 0.2) is 63.8 Å². The minimum atomic E-state index is 0.550. The molecule has 0 spiro atoms. The van der Waals surface area contributed by atoms with E-state index in [0.717, 1.165) is 31.9 Å². The Hall–Kier alpha value is -1.98. The van der Waals surface area contributed by atoms with Gasteiger partial charge in [-0.25, -0.2) is 0 Å². The van der Waals surface area contributed by atoms with Gasteiger partial charge >= 0.3 is 0 Å². The van der Waals surface area contributed by atoms with E-state index in [1.54, 1.807) is 30.2 Å². The highest BCUT2D eigenvalue weighted by atomic mass is 32.2. The van der Waals surface area contributed by atoms with Gasteiger partial charge in [0.2, 0.25) is 0 Å². The van der Waals surface area contributed by atoms with Crippen LogP contribution in [0.3, 0.4) is 0 Å². The molecule has 0 unspecified atom stereocenters. The summed E-state index contributed by atoms with van der Waals surface area (Å²) in [5.41, 5.74) is 2.13. The van der Waals surface area contributed by atoms with Gasteiger partial charge in [-0.05, 0) is 60.3 Å². The minimum Gasteiger partial charge on any atom is -0.489 e. The maximum absolute atomic E-state index is 5.82. The number of benzene rings is 1. The predicted octanol–water partition coefficient (Wildman–Crippen LogP) is 5.19. The van der Waals surface area contributed by atoms with Crippen molar-refractivity contribution in [2.75, 3.05) is 7.11 Å². The van der Waals surface area contributed by atoms with Crippen LogP contribution in [-0.4, -0.2) is 12.1 Å². The van der Waals surface area contributed by atoms with Crippen molar-refractivity contribution in [2.24, 2.45) is 0 Å². The SMILES string of the molecule is COc1sccc1Sc1ccc(OCc2ccnc(C)c2)cc1. The number of hydrogen-bond acceptors (Lipinski definition) is 5. The van der Waals surface area contributed by atoms with Gasteiger partial charge < -0.3 is 9.47 Å². The van der Waals surface area contributed by atoms with E-state index in [4.69, 9.17) is 9.47 Å². The van der Waals surface area contributed by atoms with Crippen molar-refractivity contribution in [1.82, 2.24) is 4.98 Å². The van der Waals surface area contributed by atoms with Crippen LogP contribution in [0.5, 0.6) is 10.8 Å². The van der Waals surface area contributed by atoms with E-state index in [1.807, 2.05) is 42.8 Å². The molecule has 0 aliphatic carbocycles. The van der Waals surface area contributed by atoms with Gasteiger partial charge in [0.05, 0.1) is 12.0 Å². The Morgan fingerprint density at radius 1 is 1.13 bits per heavy atom. The molecular formula is C18H17NO2S2. The first-order chi connectivity index (χ1) is 11.2. The van der Waals surface area contributed by atoms with Crippen LogP contribution in [0.25, 0.3) is 0 Å². The average Bonchev–Trinajstić information content (AvgIpc) is 3.01. The highest BCUT2D eigenvalue weighted by Gasteiger charge is 2.06. The summed E-state index contributed by atoms with van der Waals surface area (Å²) in [6, 6.07) is 14.2. The number of nitrogens with zero attached hydrogens (tertiary/aromatic N) is 1. The molecule has 2 aromatic heterocycles. The van der Waals surface area contributed by atoms with E-state index in [9.17, 15) is 0 Å². The lowest BCUT2D eigenvalue weighted by Gasteiger charge is -2.08. The van der Waals surface area contributed by atoms with Crippen molar-refractivity contribution in [3.63, 3.8) is 0 Å². The number of methoxy groups -OCH3 is 1. The van der Waals surface area contributed by atoms with E-state index >= 15 is 0 Å². The summed E-state index contributed by atoms with van der Waals surface area (Å²) in [5.74, 6) is 0.862. The summed E-state index contributed by atoms with van der Waals surface area (Å²) < 4.78 is 11.2. The lowest BCUT2D eigenvalue weighted by Crippen LogP contribution is -1.96. The molecule has 3 nitrogen and oxygen atoms in total. The van der Waals surface area contributed by atoms with Crippen LogP contribution >= 0.6 is 23.1 Å². The second-order valence-electron chi connectivity index (χ2n) is 4.94. The summed E-state index contributed by atoms with van der Waals surface area (Å²) in [5, 5.41) is 2.98. The molecule has 0 saturated carbocycles. The van der Waals surface area contributed by atoms with Crippen molar-refractivity contribution in [1.29, 1.82) is 0 Å². The number of aryl methyl sites for hydroxylation is 1. The highest BCUT2D eigenvalue weighted by molar-refractivity contribution is 7.99. The molecule has 0 atom stereocenters. The summed E-state index contributed by atoms with van der Waals surface area (Å²) in [6.45, 7) is 2.53.